The van der Waals surface area contributed by atoms with Crippen LogP contribution in [0.2, 0.25) is 0 Å². The highest BCUT2D eigenvalue weighted by Crippen LogP contribution is 2.24. The van der Waals surface area contributed by atoms with Crippen molar-refractivity contribution in [3.63, 3.8) is 0 Å². The van der Waals surface area contributed by atoms with Gasteiger partial charge in [-0.05, 0) is 66.4 Å². The largest absolute Gasteiger partial charge is 0.444 e. The monoisotopic (exact) mass is 259 g/mol. The van der Waals surface area contributed by atoms with Gasteiger partial charge in [0.05, 0.1) is 0 Å². The molecule has 0 saturated heterocycles. The van der Waals surface area contributed by atoms with Gasteiger partial charge in [-0.25, -0.2) is 4.79 Å². The van der Waals surface area contributed by atoms with E-state index in [1.807, 2.05) is 20.8 Å². The number of hydrogen-bond donors (Lipinski definition) is 1. The predicted octanol–water partition coefficient (Wildman–Crippen LogP) is 2.63. The first-order chi connectivity index (χ1) is 9.47. The molecule has 0 atom stereocenters. The van der Waals surface area contributed by atoms with Crippen molar-refractivity contribution in [1.29, 1.82) is 0 Å². The van der Waals surface area contributed by atoms with Gasteiger partial charge in [0.15, 0.2) is 0 Å². The number of ether oxygens (including phenoxy) is 1. The molecular weight excluding hydrogens is 228 g/mol. The Bertz CT molecular complexity index is 345. The summed E-state index contributed by atoms with van der Waals surface area (Å²) >= 11 is 0. The standard InChI is InChI=1S/C14H28N2O2/c1-14(2,3)18-13(17)15-12-8-6-11(7-9-12)10-16(4)5/h11-12H,6-10H2,1-5H3,(H,15,17)/i4D3. The van der Waals surface area contributed by atoms with E-state index < -0.39 is 12.6 Å². The molecule has 1 fully saturated rings. The SMILES string of the molecule is [2H]C([2H])([2H])N(C)CC1CCC(NC(=O)OC(C)(C)C)CC1. The Balaban J connectivity index is 2.31. The lowest BCUT2D eigenvalue weighted by molar-refractivity contribution is 0.0485. The first-order valence-electron chi connectivity index (χ1n) is 8.18. The van der Waals surface area contributed by atoms with Gasteiger partial charge in [-0.1, -0.05) is 0 Å². The van der Waals surface area contributed by atoms with Gasteiger partial charge in [-0.3, -0.25) is 0 Å². The van der Waals surface area contributed by atoms with E-state index >= 15 is 0 Å². The average molecular weight is 259 g/mol. The van der Waals surface area contributed by atoms with Crippen LogP contribution < -0.4 is 5.32 Å². The van der Waals surface area contributed by atoms with Gasteiger partial charge < -0.3 is 15.0 Å². The molecule has 0 bridgehead atoms. The summed E-state index contributed by atoms with van der Waals surface area (Å²) in [4.78, 5) is 13.1. The fourth-order valence-electron chi connectivity index (χ4n) is 2.35. The molecule has 1 aliphatic rings. The molecule has 0 aromatic rings. The summed E-state index contributed by atoms with van der Waals surface area (Å²) in [6.45, 7) is 4.08. The minimum Gasteiger partial charge on any atom is -0.444 e. The van der Waals surface area contributed by atoms with E-state index in [1.54, 1.807) is 7.05 Å². The Morgan fingerprint density at radius 3 is 2.50 bits per heavy atom. The zero-order valence-corrected chi connectivity index (χ0v) is 12.0. The maximum atomic E-state index is 11.7. The average Bonchev–Trinajstić information content (AvgIpc) is 2.27. The molecule has 1 aliphatic carbocycles. The lowest BCUT2D eigenvalue weighted by Crippen LogP contribution is -2.41. The summed E-state index contributed by atoms with van der Waals surface area (Å²) in [7, 11) is 1.64. The van der Waals surface area contributed by atoms with Crippen LogP contribution in [0.15, 0.2) is 0 Å². The smallest absolute Gasteiger partial charge is 0.407 e. The molecule has 0 spiro atoms. The van der Waals surface area contributed by atoms with E-state index in [2.05, 4.69) is 5.32 Å². The molecule has 0 heterocycles. The summed E-state index contributed by atoms with van der Waals surface area (Å²) in [6, 6.07) is 0.133. The van der Waals surface area contributed by atoms with Gasteiger partial charge >= 0.3 is 6.09 Å². The first kappa shape index (κ1) is 11.1. The van der Waals surface area contributed by atoms with Crippen molar-refractivity contribution in [2.24, 2.45) is 5.92 Å². The zero-order chi connectivity index (χ0) is 16.3. The Morgan fingerprint density at radius 2 is 2.00 bits per heavy atom. The molecule has 106 valence electrons. The molecule has 1 N–H and O–H groups in total. The van der Waals surface area contributed by atoms with Crippen LogP contribution >= 0.6 is 0 Å². The van der Waals surface area contributed by atoms with Gasteiger partial charge in [0.25, 0.3) is 0 Å². The summed E-state index contributed by atoms with van der Waals surface area (Å²) in [5.41, 5.74) is -0.482. The molecule has 0 aromatic carbocycles. The number of nitrogens with zero attached hydrogens (tertiary/aromatic N) is 1. The minimum absolute atomic E-state index is 0.133. The second kappa shape index (κ2) is 6.41. The first-order valence-corrected chi connectivity index (χ1v) is 6.68. The second-order valence-corrected chi connectivity index (χ2v) is 6.24. The van der Waals surface area contributed by atoms with Crippen LogP contribution in [0.1, 0.15) is 50.6 Å². The van der Waals surface area contributed by atoms with Crippen molar-refractivity contribution >= 4 is 6.09 Å². The number of amides is 1. The second-order valence-electron chi connectivity index (χ2n) is 6.24. The number of nitrogens with one attached hydrogen (secondary N) is 1. The molecule has 18 heavy (non-hydrogen) atoms. The van der Waals surface area contributed by atoms with Gasteiger partial charge in [0.2, 0.25) is 0 Å². The van der Waals surface area contributed by atoms with Gasteiger partial charge in [-0.2, -0.15) is 0 Å². The van der Waals surface area contributed by atoms with Crippen LogP contribution in [0.3, 0.4) is 0 Å². The Labute approximate surface area is 115 Å². The molecule has 0 aromatic heterocycles. The van der Waals surface area contributed by atoms with Gasteiger partial charge in [0, 0.05) is 16.7 Å². The number of alkyl carbamates (subject to hydrolysis) is 1. The highest BCUT2D eigenvalue weighted by molar-refractivity contribution is 5.68. The van der Waals surface area contributed by atoms with Crippen LogP contribution in [0.5, 0.6) is 0 Å². The maximum Gasteiger partial charge on any atom is 0.407 e. The zero-order valence-electron chi connectivity index (χ0n) is 15.0. The Kier molecular flexibility index (Phi) is 3.95. The van der Waals surface area contributed by atoms with Crippen LogP contribution in [0.4, 0.5) is 4.79 Å². The Hall–Kier alpha value is -0.770. The van der Waals surface area contributed by atoms with Gasteiger partial charge in [-0.15, -0.1) is 0 Å². The van der Waals surface area contributed by atoms with Gasteiger partial charge in [0.1, 0.15) is 5.60 Å². The third-order valence-electron chi connectivity index (χ3n) is 3.10. The molecule has 0 unspecified atom stereocenters. The predicted molar refractivity (Wildman–Crippen MR) is 73.7 cm³/mol. The Morgan fingerprint density at radius 1 is 1.39 bits per heavy atom. The summed E-state index contributed by atoms with van der Waals surface area (Å²) in [5, 5.41) is 2.89. The highest BCUT2D eigenvalue weighted by atomic mass is 16.6. The van der Waals surface area contributed by atoms with Crippen LogP contribution in [0.25, 0.3) is 0 Å². The quantitative estimate of drug-likeness (QED) is 0.847. The molecule has 1 rings (SSSR count). The lowest BCUT2D eigenvalue weighted by Gasteiger charge is -2.31. The summed E-state index contributed by atoms with van der Waals surface area (Å²) < 4.78 is 27.3. The van der Waals surface area contributed by atoms with Crippen molar-refractivity contribution < 1.29 is 13.6 Å². The van der Waals surface area contributed by atoms with Crippen LogP contribution in [-0.4, -0.2) is 43.2 Å². The van der Waals surface area contributed by atoms with E-state index in [-0.39, 0.29) is 12.1 Å². The fraction of sp³-hybridized carbons (Fsp3) is 0.929. The molecule has 1 amide bonds. The number of carbonyl (C=O) groups excluding carboxylic acids is 1. The summed E-state index contributed by atoms with van der Waals surface area (Å²) in [5.74, 6) is 0.382. The van der Waals surface area contributed by atoms with Crippen molar-refractivity contribution in [2.75, 3.05) is 20.6 Å². The van der Waals surface area contributed by atoms with Crippen molar-refractivity contribution in [2.45, 2.75) is 58.1 Å². The molecule has 1 saturated carbocycles. The number of carbonyl (C=O) groups is 1. The van der Waals surface area contributed by atoms with Crippen LogP contribution in [0, 0.1) is 5.92 Å². The van der Waals surface area contributed by atoms with E-state index in [0.29, 0.717) is 12.5 Å². The third-order valence-corrected chi connectivity index (χ3v) is 3.10. The van der Waals surface area contributed by atoms with Crippen molar-refractivity contribution in [3.05, 3.63) is 0 Å². The topological polar surface area (TPSA) is 41.6 Å². The number of hydrogen-bond acceptors (Lipinski definition) is 3. The molecular formula is C14H28N2O2. The van der Waals surface area contributed by atoms with E-state index in [0.717, 1.165) is 25.7 Å². The van der Waals surface area contributed by atoms with E-state index in [9.17, 15) is 4.79 Å². The lowest BCUT2D eigenvalue weighted by atomic mass is 9.86. The third kappa shape index (κ3) is 6.24. The molecule has 4 heteroatoms. The normalized spacial score (nSPS) is 28.2. The number of rotatable bonds is 3. The maximum absolute atomic E-state index is 11.7. The molecule has 4 nitrogen and oxygen atoms in total. The minimum atomic E-state index is -2.02. The summed E-state index contributed by atoms with van der Waals surface area (Å²) in [6.07, 6.45) is 3.24. The molecule has 0 aliphatic heterocycles. The molecule has 0 radical (unpaired) electrons. The van der Waals surface area contributed by atoms with Crippen LogP contribution in [-0.2, 0) is 4.74 Å². The van der Waals surface area contributed by atoms with Crippen molar-refractivity contribution in [3.8, 4) is 0 Å². The van der Waals surface area contributed by atoms with Crippen molar-refractivity contribution in [1.82, 2.24) is 10.2 Å². The van der Waals surface area contributed by atoms with E-state index in [1.165, 1.54) is 4.90 Å². The fourth-order valence-corrected chi connectivity index (χ4v) is 2.35. The highest BCUT2D eigenvalue weighted by Gasteiger charge is 2.24. The van der Waals surface area contributed by atoms with E-state index in [4.69, 9.17) is 8.85 Å².